The number of hydrogen-bond donors (Lipinski definition) is 3. The van der Waals surface area contributed by atoms with E-state index in [2.05, 4.69) is 20.9 Å². The van der Waals surface area contributed by atoms with Gasteiger partial charge in [-0.2, -0.15) is 0 Å². The standard InChI is InChI=1S/C28H25N5O4/c1-18-11-13-22(31-27(34)20-8-4-3-5-9-20)17-25(18)32-28(35)21-12-14-24(26(16-21)33(36)37)30-19(2)23-10-6-7-15-29-23/h3-17,19,30H,1-2H3,(H,31,34)(H,32,35). The van der Waals surface area contributed by atoms with Crippen molar-refractivity contribution in [1.29, 1.82) is 0 Å². The maximum absolute atomic E-state index is 13.0. The zero-order valence-electron chi connectivity index (χ0n) is 20.3. The number of amides is 2. The highest BCUT2D eigenvalue weighted by Gasteiger charge is 2.20. The van der Waals surface area contributed by atoms with Crippen LogP contribution in [-0.4, -0.2) is 21.7 Å². The summed E-state index contributed by atoms with van der Waals surface area (Å²) in [6, 6.07) is 23.4. The van der Waals surface area contributed by atoms with Crippen molar-refractivity contribution in [3.8, 4) is 0 Å². The highest BCUT2D eigenvalue weighted by molar-refractivity contribution is 6.07. The minimum atomic E-state index is -0.532. The summed E-state index contributed by atoms with van der Waals surface area (Å²) in [5, 5.41) is 20.5. The number of carbonyl (C=O) groups excluding carboxylic acids is 2. The summed E-state index contributed by atoms with van der Waals surface area (Å²) in [6.07, 6.45) is 1.65. The number of rotatable bonds is 8. The first-order valence-electron chi connectivity index (χ1n) is 11.6. The van der Waals surface area contributed by atoms with Gasteiger partial charge in [-0.3, -0.25) is 24.7 Å². The highest BCUT2D eigenvalue weighted by atomic mass is 16.6. The maximum Gasteiger partial charge on any atom is 0.293 e. The Labute approximate surface area is 213 Å². The number of nitro benzene ring substituents is 1. The summed E-state index contributed by atoms with van der Waals surface area (Å²) in [4.78, 5) is 41.0. The van der Waals surface area contributed by atoms with Crippen molar-refractivity contribution in [1.82, 2.24) is 4.98 Å². The van der Waals surface area contributed by atoms with E-state index in [4.69, 9.17) is 0 Å². The summed E-state index contributed by atoms with van der Waals surface area (Å²) in [5.41, 5.74) is 3.16. The molecule has 0 aliphatic carbocycles. The minimum Gasteiger partial charge on any atom is -0.371 e. The molecular formula is C28H25N5O4. The number of pyridine rings is 1. The van der Waals surface area contributed by atoms with Gasteiger partial charge in [0.1, 0.15) is 5.69 Å². The summed E-state index contributed by atoms with van der Waals surface area (Å²) in [5.74, 6) is -0.789. The summed E-state index contributed by atoms with van der Waals surface area (Å²) >= 11 is 0. The van der Waals surface area contributed by atoms with Gasteiger partial charge in [-0.25, -0.2) is 0 Å². The predicted octanol–water partition coefficient (Wildman–Crippen LogP) is 5.98. The van der Waals surface area contributed by atoms with Crippen LogP contribution in [0.4, 0.5) is 22.7 Å². The van der Waals surface area contributed by atoms with Gasteiger partial charge in [-0.15, -0.1) is 0 Å². The molecular weight excluding hydrogens is 470 g/mol. The van der Waals surface area contributed by atoms with Crippen molar-refractivity contribution >= 4 is 34.6 Å². The number of benzene rings is 3. The second kappa shape index (κ2) is 11.1. The van der Waals surface area contributed by atoms with Crippen molar-refractivity contribution in [3.63, 3.8) is 0 Å². The molecule has 1 heterocycles. The average Bonchev–Trinajstić information content (AvgIpc) is 2.91. The van der Waals surface area contributed by atoms with Crippen molar-refractivity contribution in [2.75, 3.05) is 16.0 Å². The van der Waals surface area contributed by atoms with E-state index in [1.54, 1.807) is 54.7 Å². The van der Waals surface area contributed by atoms with Crippen LogP contribution in [0, 0.1) is 17.0 Å². The molecule has 37 heavy (non-hydrogen) atoms. The predicted molar refractivity (Wildman–Crippen MR) is 143 cm³/mol. The van der Waals surface area contributed by atoms with Gasteiger partial charge in [0, 0.05) is 34.8 Å². The smallest absolute Gasteiger partial charge is 0.293 e. The Bertz CT molecular complexity index is 1440. The lowest BCUT2D eigenvalue weighted by Crippen LogP contribution is -2.15. The van der Waals surface area contributed by atoms with Gasteiger partial charge < -0.3 is 16.0 Å². The van der Waals surface area contributed by atoms with Crippen LogP contribution in [0.1, 0.15) is 44.9 Å². The number of nitro groups is 1. The number of anilines is 3. The number of nitrogens with zero attached hydrogens (tertiary/aromatic N) is 2. The molecule has 186 valence electrons. The molecule has 0 saturated heterocycles. The van der Waals surface area contributed by atoms with E-state index in [0.717, 1.165) is 11.3 Å². The molecule has 4 aromatic rings. The average molecular weight is 496 g/mol. The van der Waals surface area contributed by atoms with E-state index in [1.165, 1.54) is 18.2 Å². The third-order valence-electron chi connectivity index (χ3n) is 5.74. The Hall–Kier alpha value is -5.05. The molecule has 0 aliphatic rings. The van der Waals surface area contributed by atoms with Crippen LogP contribution in [-0.2, 0) is 0 Å². The van der Waals surface area contributed by atoms with Crippen LogP contribution < -0.4 is 16.0 Å². The molecule has 1 atom stereocenters. The molecule has 3 aromatic carbocycles. The van der Waals surface area contributed by atoms with Gasteiger partial charge in [0.05, 0.1) is 16.7 Å². The van der Waals surface area contributed by atoms with E-state index in [0.29, 0.717) is 16.9 Å². The van der Waals surface area contributed by atoms with Crippen LogP contribution in [0.25, 0.3) is 0 Å². The molecule has 9 nitrogen and oxygen atoms in total. The fourth-order valence-electron chi connectivity index (χ4n) is 3.71. The van der Waals surface area contributed by atoms with E-state index in [-0.39, 0.29) is 28.9 Å². The Morgan fingerprint density at radius 3 is 2.27 bits per heavy atom. The molecule has 0 aliphatic heterocycles. The molecule has 9 heteroatoms. The van der Waals surface area contributed by atoms with Crippen LogP contribution in [0.5, 0.6) is 0 Å². The van der Waals surface area contributed by atoms with Gasteiger partial charge >= 0.3 is 0 Å². The van der Waals surface area contributed by atoms with Gasteiger partial charge in [0.25, 0.3) is 17.5 Å². The monoisotopic (exact) mass is 495 g/mol. The fourth-order valence-corrected chi connectivity index (χ4v) is 3.71. The Kier molecular flexibility index (Phi) is 7.53. The second-order valence-electron chi connectivity index (χ2n) is 8.41. The van der Waals surface area contributed by atoms with Crippen LogP contribution in [0.2, 0.25) is 0 Å². The zero-order valence-corrected chi connectivity index (χ0v) is 20.3. The van der Waals surface area contributed by atoms with Crippen molar-refractivity contribution in [3.05, 3.63) is 124 Å². The van der Waals surface area contributed by atoms with Gasteiger partial charge in [0.2, 0.25) is 0 Å². The Morgan fingerprint density at radius 1 is 0.838 bits per heavy atom. The molecule has 0 saturated carbocycles. The highest BCUT2D eigenvalue weighted by Crippen LogP contribution is 2.30. The largest absolute Gasteiger partial charge is 0.371 e. The van der Waals surface area contributed by atoms with Crippen LogP contribution in [0.15, 0.2) is 91.1 Å². The molecule has 2 amide bonds. The molecule has 1 unspecified atom stereocenters. The van der Waals surface area contributed by atoms with Crippen molar-refractivity contribution in [2.24, 2.45) is 0 Å². The molecule has 4 rings (SSSR count). The molecule has 3 N–H and O–H groups in total. The molecule has 1 aromatic heterocycles. The lowest BCUT2D eigenvalue weighted by molar-refractivity contribution is -0.384. The second-order valence-corrected chi connectivity index (χ2v) is 8.41. The Balaban J connectivity index is 1.51. The topological polar surface area (TPSA) is 126 Å². The molecule has 0 radical (unpaired) electrons. The lowest BCUT2D eigenvalue weighted by atomic mass is 10.1. The first-order chi connectivity index (χ1) is 17.8. The molecule has 0 spiro atoms. The minimum absolute atomic E-state index is 0.126. The Morgan fingerprint density at radius 2 is 1.57 bits per heavy atom. The van der Waals surface area contributed by atoms with E-state index in [1.807, 2.05) is 32.0 Å². The maximum atomic E-state index is 13.0. The fraction of sp³-hybridized carbons (Fsp3) is 0.107. The third kappa shape index (κ3) is 6.15. The molecule has 0 fully saturated rings. The number of aryl methyl sites for hydroxylation is 1. The van der Waals surface area contributed by atoms with Crippen LogP contribution in [0.3, 0.4) is 0 Å². The van der Waals surface area contributed by atoms with Crippen molar-refractivity contribution < 1.29 is 14.5 Å². The number of nitrogens with one attached hydrogen (secondary N) is 3. The summed E-state index contributed by atoms with van der Waals surface area (Å²) in [7, 11) is 0. The third-order valence-corrected chi connectivity index (χ3v) is 5.74. The normalized spacial score (nSPS) is 11.3. The number of hydrogen-bond acceptors (Lipinski definition) is 6. The number of carbonyl (C=O) groups is 2. The quantitative estimate of drug-likeness (QED) is 0.204. The van der Waals surface area contributed by atoms with Gasteiger partial charge in [-0.1, -0.05) is 30.3 Å². The van der Waals surface area contributed by atoms with E-state index < -0.39 is 10.8 Å². The van der Waals surface area contributed by atoms with Gasteiger partial charge in [0.15, 0.2) is 0 Å². The van der Waals surface area contributed by atoms with E-state index in [9.17, 15) is 19.7 Å². The van der Waals surface area contributed by atoms with E-state index >= 15 is 0 Å². The van der Waals surface area contributed by atoms with Crippen LogP contribution >= 0.6 is 0 Å². The van der Waals surface area contributed by atoms with Crippen molar-refractivity contribution in [2.45, 2.75) is 19.9 Å². The first kappa shape index (κ1) is 25.1. The lowest BCUT2D eigenvalue weighted by Gasteiger charge is -2.15. The zero-order chi connectivity index (χ0) is 26.4. The van der Waals surface area contributed by atoms with Gasteiger partial charge in [-0.05, 0) is 67.9 Å². The first-order valence-corrected chi connectivity index (χ1v) is 11.6. The molecule has 0 bridgehead atoms. The summed E-state index contributed by atoms with van der Waals surface area (Å²) < 4.78 is 0. The number of aromatic nitrogens is 1. The summed E-state index contributed by atoms with van der Waals surface area (Å²) in [6.45, 7) is 3.66. The SMILES string of the molecule is Cc1ccc(NC(=O)c2ccccc2)cc1NC(=O)c1ccc(NC(C)c2ccccn2)c([N+](=O)[O-])c1.